The number of hydrogen-bond donors (Lipinski definition) is 0. The number of likely N-dealkylation sites (tertiary alicyclic amines) is 1. The lowest BCUT2D eigenvalue weighted by Gasteiger charge is -2.26. The molecule has 1 aliphatic rings. The zero-order valence-corrected chi connectivity index (χ0v) is 15.3. The summed E-state index contributed by atoms with van der Waals surface area (Å²) in [5.41, 5.74) is 5.53. The van der Waals surface area contributed by atoms with Gasteiger partial charge in [0.1, 0.15) is 0 Å². The molecule has 3 rings (SSSR count). The Kier molecular flexibility index (Phi) is 4.48. The summed E-state index contributed by atoms with van der Waals surface area (Å²) in [4.78, 5) is 15.1. The fourth-order valence-corrected chi connectivity index (χ4v) is 3.74. The number of hydrogen-bond acceptors (Lipinski definition) is 2. The van der Waals surface area contributed by atoms with E-state index in [4.69, 9.17) is 0 Å². The highest BCUT2D eigenvalue weighted by molar-refractivity contribution is 5.93. The molecule has 4 heteroatoms. The number of rotatable bonds is 3. The van der Waals surface area contributed by atoms with Crippen LogP contribution < -0.4 is 0 Å². The number of benzene rings is 1. The third-order valence-electron chi connectivity index (χ3n) is 5.25. The number of amides is 1. The van der Waals surface area contributed by atoms with Crippen LogP contribution >= 0.6 is 0 Å². The first-order valence-electron chi connectivity index (χ1n) is 8.81. The molecule has 1 saturated heterocycles. The molecule has 1 aromatic carbocycles. The summed E-state index contributed by atoms with van der Waals surface area (Å²) < 4.78 is 1.83. The quantitative estimate of drug-likeness (QED) is 0.850. The third kappa shape index (κ3) is 2.85. The second kappa shape index (κ2) is 6.42. The molecule has 1 aliphatic heterocycles. The maximum atomic E-state index is 13.1. The summed E-state index contributed by atoms with van der Waals surface area (Å²) in [6.45, 7) is 9.35. The van der Waals surface area contributed by atoms with E-state index in [1.54, 1.807) is 0 Å². The Morgan fingerprint density at radius 2 is 2.04 bits per heavy atom. The Labute approximate surface area is 144 Å². The van der Waals surface area contributed by atoms with Gasteiger partial charge in [-0.1, -0.05) is 32.0 Å². The largest absolute Gasteiger partial charge is 0.330 e. The highest BCUT2D eigenvalue weighted by Gasteiger charge is 2.33. The molecule has 0 unspecified atom stereocenters. The van der Waals surface area contributed by atoms with Gasteiger partial charge in [0, 0.05) is 19.3 Å². The van der Waals surface area contributed by atoms with Gasteiger partial charge in [-0.05, 0) is 55.4 Å². The predicted octanol–water partition coefficient (Wildman–Crippen LogP) is 4.14. The Hall–Kier alpha value is -2.10. The molecular weight excluding hydrogens is 298 g/mol. The van der Waals surface area contributed by atoms with Crippen molar-refractivity contribution >= 4 is 5.91 Å². The molecule has 24 heavy (non-hydrogen) atoms. The minimum Gasteiger partial charge on any atom is -0.330 e. The number of carbonyl (C=O) groups excluding carboxylic acids is 1. The predicted molar refractivity (Wildman–Crippen MR) is 96.2 cm³/mol. The van der Waals surface area contributed by atoms with Crippen LogP contribution in [0.1, 0.15) is 71.5 Å². The highest BCUT2D eigenvalue weighted by Crippen LogP contribution is 2.35. The first kappa shape index (κ1) is 16.7. The van der Waals surface area contributed by atoms with Gasteiger partial charge in [0.15, 0.2) is 5.69 Å². The molecule has 4 nitrogen and oxygen atoms in total. The molecule has 0 aliphatic carbocycles. The van der Waals surface area contributed by atoms with E-state index in [1.165, 1.54) is 16.7 Å². The van der Waals surface area contributed by atoms with E-state index in [0.717, 1.165) is 25.1 Å². The lowest BCUT2D eigenvalue weighted by molar-refractivity contribution is 0.0728. The smallest absolute Gasteiger partial charge is 0.274 e. The van der Waals surface area contributed by atoms with Gasteiger partial charge in [-0.3, -0.25) is 9.48 Å². The number of carbonyl (C=O) groups is 1. The van der Waals surface area contributed by atoms with Crippen LogP contribution in [0, 0.1) is 13.8 Å². The maximum Gasteiger partial charge on any atom is 0.274 e. The summed E-state index contributed by atoms with van der Waals surface area (Å²) in [6, 6.07) is 8.51. The van der Waals surface area contributed by atoms with Gasteiger partial charge in [-0.25, -0.2) is 0 Å². The summed E-state index contributed by atoms with van der Waals surface area (Å²) >= 11 is 0. The maximum absolute atomic E-state index is 13.1. The molecule has 1 amide bonds. The average molecular weight is 325 g/mol. The molecule has 0 saturated carbocycles. The second-order valence-corrected chi connectivity index (χ2v) is 7.18. The summed E-state index contributed by atoms with van der Waals surface area (Å²) in [5, 5.41) is 4.47. The van der Waals surface area contributed by atoms with E-state index >= 15 is 0 Å². The van der Waals surface area contributed by atoms with Crippen molar-refractivity contribution in [3.63, 3.8) is 0 Å². The molecule has 0 bridgehead atoms. The van der Waals surface area contributed by atoms with E-state index in [2.05, 4.69) is 51.0 Å². The summed E-state index contributed by atoms with van der Waals surface area (Å²) in [7, 11) is 1.91. The minimum absolute atomic E-state index is 0.0564. The minimum atomic E-state index is 0.0564. The van der Waals surface area contributed by atoms with E-state index < -0.39 is 0 Å². The third-order valence-corrected chi connectivity index (χ3v) is 5.25. The van der Waals surface area contributed by atoms with Crippen LogP contribution in [-0.4, -0.2) is 27.1 Å². The number of aromatic nitrogens is 2. The first-order chi connectivity index (χ1) is 11.4. The molecule has 0 spiro atoms. The number of nitrogens with zero attached hydrogens (tertiary/aromatic N) is 3. The SMILES string of the molecule is Cc1cccc([C@H]2CCCN2C(=O)c2cc(C(C)C)n(C)n2)c1C. The molecule has 2 heterocycles. The van der Waals surface area contributed by atoms with Crippen molar-refractivity contribution in [3.05, 3.63) is 52.3 Å². The summed E-state index contributed by atoms with van der Waals surface area (Å²) in [6.07, 6.45) is 2.08. The fraction of sp³-hybridized carbons (Fsp3) is 0.500. The Balaban J connectivity index is 1.92. The van der Waals surface area contributed by atoms with Gasteiger partial charge in [0.25, 0.3) is 5.91 Å². The van der Waals surface area contributed by atoms with E-state index in [1.807, 2.05) is 22.7 Å². The van der Waals surface area contributed by atoms with Gasteiger partial charge in [-0.2, -0.15) is 5.10 Å². The topological polar surface area (TPSA) is 38.1 Å². The Morgan fingerprint density at radius 1 is 1.29 bits per heavy atom. The first-order valence-corrected chi connectivity index (χ1v) is 8.81. The van der Waals surface area contributed by atoms with Crippen LogP contribution in [0.25, 0.3) is 0 Å². The lowest BCUT2D eigenvalue weighted by Crippen LogP contribution is -2.31. The van der Waals surface area contributed by atoms with E-state index in [9.17, 15) is 4.79 Å². The van der Waals surface area contributed by atoms with Crippen molar-refractivity contribution in [2.75, 3.05) is 6.54 Å². The zero-order valence-electron chi connectivity index (χ0n) is 15.3. The molecule has 0 radical (unpaired) electrons. The monoisotopic (exact) mass is 325 g/mol. The van der Waals surface area contributed by atoms with Crippen molar-refractivity contribution in [2.24, 2.45) is 7.05 Å². The fourth-order valence-electron chi connectivity index (χ4n) is 3.74. The Morgan fingerprint density at radius 3 is 2.71 bits per heavy atom. The molecule has 0 N–H and O–H groups in total. The highest BCUT2D eigenvalue weighted by atomic mass is 16.2. The van der Waals surface area contributed by atoms with Crippen LogP contribution in [0.5, 0.6) is 0 Å². The second-order valence-electron chi connectivity index (χ2n) is 7.18. The average Bonchev–Trinajstić information content (AvgIpc) is 3.16. The van der Waals surface area contributed by atoms with Gasteiger partial charge < -0.3 is 4.90 Å². The number of aryl methyl sites for hydroxylation is 2. The van der Waals surface area contributed by atoms with Crippen LogP contribution in [0.3, 0.4) is 0 Å². The molecule has 2 aromatic rings. The van der Waals surface area contributed by atoms with Gasteiger partial charge >= 0.3 is 0 Å². The van der Waals surface area contributed by atoms with Crippen molar-refractivity contribution in [3.8, 4) is 0 Å². The van der Waals surface area contributed by atoms with Crippen LogP contribution in [0.4, 0.5) is 0 Å². The van der Waals surface area contributed by atoms with Gasteiger partial charge in [0.2, 0.25) is 0 Å². The lowest BCUT2D eigenvalue weighted by atomic mass is 9.96. The van der Waals surface area contributed by atoms with Crippen molar-refractivity contribution in [2.45, 2.75) is 52.5 Å². The van der Waals surface area contributed by atoms with Crippen LogP contribution in [0.2, 0.25) is 0 Å². The van der Waals surface area contributed by atoms with Crippen LogP contribution in [-0.2, 0) is 7.05 Å². The van der Waals surface area contributed by atoms with Gasteiger partial charge in [-0.15, -0.1) is 0 Å². The molecule has 1 fully saturated rings. The van der Waals surface area contributed by atoms with Crippen LogP contribution in [0.15, 0.2) is 24.3 Å². The normalized spacial score (nSPS) is 17.8. The van der Waals surface area contributed by atoms with Crippen molar-refractivity contribution in [1.82, 2.24) is 14.7 Å². The summed E-state index contributed by atoms with van der Waals surface area (Å²) in [5.74, 6) is 0.415. The van der Waals surface area contributed by atoms with Gasteiger partial charge in [0.05, 0.1) is 6.04 Å². The molecule has 1 aromatic heterocycles. The molecule has 128 valence electrons. The van der Waals surface area contributed by atoms with Crippen molar-refractivity contribution in [1.29, 1.82) is 0 Å². The van der Waals surface area contributed by atoms with E-state index in [0.29, 0.717) is 11.6 Å². The Bertz CT molecular complexity index is 760. The molecule has 1 atom stereocenters. The molecular formula is C20H27N3O. The van der Waals surface area contributed by atoms with Crippen molar-refractivity contribution < 1.29 is 4.79 Å². The zero-order chi connectivity index (χ0) is 17.4. The van der Waals surface area contributed by atoms with E-state index in [-0.39, 0.29) is 11.9 Å². The standard InChI is InChI=1S/C20H27N3O/c1-13(2)19-12-17(21-22(19)5)20(24)23-11-7-10-18(23)16-9-6-8-14(3)15(16)4/h6,8-9,12-13,18H,7,10-11H2,1-5H3/t18-/m1/s1.